The zero-order valence-electron chi connectivity index (χ0n) is 12.3. The molecule has 10 heteroatoms. The maximum absolute atomic E-state index is 13.2. The van der Waals surface area contributed by atoms with E-state index in [9.17, 15) is 26.6 Å². The first-order valence-corrected chi connectivity index (χ1v) is 7.69. The van der Waals surface area contributed by atoms with E-state index in [1.807, 2.05) is 0 Å². The molecule has 1 aromatic rings. The van der Waals surface area contributed by atoms with Gasteiger partial charge in [-0.2, -0.15) is 17.6 Å². The summed E-state index contributed by atoms with van der Waals surface area (Å²) in [4.78, 5) is 12.0. The number of nitrogens with one attached hydrogen (secondary N) is 1. The molecular formula is C13H14ClF4NO3S. The number of methoxy groups -OCH3 is 1. The van der Waals surface area contributed by atoms with E-state index in [1.165, 1.54) is 49.9 Å². The Morgan fingerprint density at radius 1 is 1.17 bits per heavy atom. The molecular weight excluding hydrogens is 362 g/mol. The Kier molecular flexibility index (Phi) is 5.69. The molecule has 0 saturated heterocycles. The summed E-state index contributed by atoms with van der Waals surface area (Å²) in [5, 5.41) is -10.2. The summed E-state index contributed by atoms with van der Waals surface area (Å²) in [7, 11) is -2.26. The average Bonchev–Trinajstić information content (AvgIpc) is 2.45. The van der Waals surface area contributed by atoms with Crippen LogP contribution in [-0.4, -0.2) is 27.9 Å². The van der Waals surface area contributed by atoms with E-state index in [2.05, 4.69) is 11.6 Å². The van der Waals surface area contributed by atoms with Gasteiger partial charge in [-0.3, -0.25) is 9.52 Å². The minimum atomic E-state index is -5.11. The molecule has 0 heterocycles. The molecule has 0 radical (unpaired) electrons. The van der Waals surface area contributed by atoms with Crippen LogP contribution in [0.2, 0.25) is 0 Å². The summed E-state index contributed by atoms with van der Waals surface area (Å²) >= 11 is 4.23. The molecule has 0 aliphatic rings. The molecule has 1 aromatic carbocycles. The molecule has 0 aromatic heterocycles. The molecule has 0 aliphatic carbocycles. The van der Waals surface area contributed by atoms with Crippen molar-refractivity contribution in [3.8, 4) is 5.75 Å². The second-order valence-corrected chi connectivity index (χ2v) is 6.80. The van der Waals surface area contributed by atoms with E-state index >= 15 is 0 Å². The predicted octanol–water partition coefficient (Wildman–Crippen LogP) is 3.18. The Balaban J connectivity index is 2.97. The molecule has 4 nitrogen and oxygen atoms in total. The lowest BCUT2D eigenvalue weighted by molar-refractivity contribution is -0.124. The van der Waals surface area contributed by atoms with Gasteiger partial charge in [-0.15, -0.1) is 0 Å². The van der Waals surface area contributed by atoms with Crippen LogP contribution in [0.15, 0.2) is 24.3 Å². The number of carbonyl (C=O) groups is 1. The monoisotopic (exact) mass is 375 g/mol. The first kappa shape index (κ1) is 19.7. The molecule has 23 heavy (non-hydrogen) atoms. The summed E-state index contributed by atoms with van der Waals surface area (Å²) in [6.07, 6.45) is 0. The van der Waals surface area contributed by atoms with Crippen LogP contribution < -0.4 is 9.46 Å². The summed E-state index contributed by atoms with van der Waals surface area (Å²) in [5.41, 5.74) is -1.02. The number of halogens is 5. The van der Waals surface area contributed by atoms with Gasteiger partial charge in [0.25, 0.3) is 0 Å². The van der Waals surface area contributed by atoms with Crippen LogP contribution in [0.5, 0.6) is 5.75 Å². The largest absolute Gasteiger partial charge is 0.497 e. The van der Waals surface area contributed by atoms with Gasteiger partial charge >= 0.3 is 10.6 Å². The lowest BCUT2D eigenvalue weighted by Crippen LogP contribution is -2.50. The number of rotatable bonds is 6. The third kappa shape index (κ3) is 4.14. The number of ether oxygens (including phenoxy) is 1. The second-order valence-electron chi connectivity index (χ2n) is 5.07. The minimum Gasteiger partial charge on any atom is -0.497 e. The summed E-state index contributed by atoms with van der Waals surface area (Å²) < 4.78 is 69.1. The van der Waals surface area contributed by atoms with Gasteiger partial charge in [0.15, 0.2) is 11.0 Å². The van der Waals surface area contributed by atoms with Gasteiger partial charge in [0, 0.05) is 0 Å². The van der Waals surface area contributed by atoms with Crippen molar-refractivity contribution >= 4 is 28.5 Å². The van der Waals surface area contributed by atoms with Crippen LogP contribution in [0, 0.1) is 0 Å². The summed E-state index contributed by atoms with van der Waals surface area (Å²) in [6.45, 7) is 2.72. The van der Waals surface area contributed by atoms with E-state index in [1.54, 1.807) is 0 Å². The van der Waals surface area contributed by atoms with Crippen molar-refractivity contribution in [3.63, 3.8) is 0 Å². The number of alkyl halides is 5. The third-order valence-corrected chi connectivity index (χ3v) is 4.57. The van der Waals surface area contributed by atoms with Gasteiger partial charge in [0.1, 0.15) is 5.75 Å². The van der Waals surface area contributed by atoms with Gasteiger partial charge in [-0.05, 0) is 43.1 Å². The maximum Gasteiger partial charge on any atom is 0.415 e. The lowest BCUT2D eigenvalue weighted by atomic mass is 9.84. The van der Waals surface area contributed by atoms with Crippen molar-refractivity contribution in [2.75, 3.05) is 7.11 Å². The molecule has 1 rings (SSSR count). The minimum absolute atomic E-state index is 0.383. The van der Waals surface area contributed by atoms with Gasteiger partial charge in [-0.25, -0.2) is 4.21 Å². The Bertz CT molecular complexity index is 602. The molecule has 0 aliphatic heterocycles. The molecule has 0 bridgehead atoms. The van der Waals surface area contributed by atoms with Gasteiger partial charge < -0.3 is 4.74 Å². The van der Waals surface area contributed by atoms with E-state index < -0.39 is 32.9 Å². The van der Waals surface area contributed by atoms with Crippen LogP contribution in [-0.2, 0) is 21.2 Å². The standard InChI is InChI=1S/C13H14ClF4NO3S/c1-11(2,8-4-6-9(22-3)7-5-8)10(20)19-23(21)13(17,18)12(14,15)16/h4-7H,1-3H3,(H,19,20). The number of amides is 1. The van der Waals surface area contributed by atoms with Crippen LogP contribution in [0.1, 0.15) is 19.4 Å². The Hall–Kier alpha value is -1.35. The Labute approximate surface area is 137 Å². The van der Waals surface area contributed by atoms with Crippen molar-refractivity contribution in [2.45, 2.75) is 29.9 Å². The van der Waals surface area contributed by atoms with Crippen molar-refractivity contribution in [1.29, 1.82) is 0 Å². The summed E-state index contributed by atoms with van der Waals surface area (Å²) in [6, 6.07) is 6.05. The molecule has 1 N–H and O–H groups in total. The van der Waals surface area contributed by atoms with E-state index in [0.29, 0.717) is 11.3 Å². The molecule has 130 valence electrons. The van der Waals surface area contributed by atoms with Gasteiger partial charge in [0.05, 0.1) is 12.5 Å². The highest BCUT2D eigenvalue weighted by atomic mass is 35.5. The first-order chi connectivity index (χ1) is 10.3. The number of carbonyl (C=O) groups excluding carboxylic acids is 1. The van der Waals surface area contributed by atoms with E-state index in [-0.39, 0.29) is 0 Å². The Morgan fingerprint density at radius 2 is 1.65 bits per heavy atom. The highest BCUT2D eigenvalue weighted by molar-refractivity contribution is 7.84. The fourth-order valence-electron chi connectivity index (χ4n) is 1.52. The molecule has 1 amide bonds. The SMILES string of the molecule is COc1ccc(C(C)(C)C(=O)NS(=O)C(F)(F)C(F)(F)Cl)cc1. The number of benzene rings is 1. The molecule has 0 fully saturated rings. The van der Waals surface area contributed by atoms with E-state index in [4.69, 9.17) is 4.74 Å². The quantitative estimate of drug-likeness (QED) is 0.613. The van der Waals surface area contributed by atoms with Gasteiger partial charge in [0.2, 0.25) is 5.91 Å². The number of hydrogen-bond acceptors (Lipinski definition) is 3. The highest BCUT2D eigenvalue weighted by Crippen LogP contribution is 2.40. The molecule has 1 atom stereocenters. The Morgan fingerprint density at radius 3 is 2.04 bits per heavy atom. The van der Waals surface area contributed by atoms with Crippen LogP contribution in [0.4, 0.5) is 17.6 Å². The lowest BCUT2D eigenvalue weighted by Gasteiger charge is -2.26. The second kappa shape index (κ2) is 6.64. The van der Waals surface area contributed by atoms with Crippen LogP contribution >= 0.6 is 11.6 Å². The van der Waals surface area contributed by atoms with E-state index in [0.717, 1.165) is 0 Å². The highest BCUT2D eigenvalue weighted by Gasteiger charge is 2.61. The van der Waals surface area contributed by atoms with Gasteiger partial charge in [-0.1, -0.05) is 12.1 Å². The zero-order chi connectivity index (χ0) is 18.1. The third-order valence-electron chi connectivity index (χ3n) is 3.13. The van der Waals surface area contributed by atoms with Crippen molar-refractivity contribution < 1.29 is 31.3 Å². The molecule has 0 spiro atoms. The predicted molar refractivity (Wildman–Crippen MR) is 78.1 cm³/mol. The zero-order valence-corrected chi connectivity index (χ0v) is 13.9. The topological polar surface area (TPSA) is 55.4 Å². The fraction of sp³-hybridized carbons (Fsp3) is 0.462. The van der Waals surface area contributed by atoms with Crippen molar-refractivity contribution in [2.24, 2.45) is 0 Å². The van der Waals surface area contributed by atoms with Crippen LogP contribution in [0.25, 0.3) is 0 Å². The molecule has 0 saturated carbocycles. The van der Waals surface area contributed by atoms with Crippen molar-refractivity contribution in [3.05, 3.63) is 29.8 Å². The average molecular weight is 376 g/mol. The molecule has 1 unspecified atom stereocenters. The summed E-state index contributed by atoms with van der Waals surface area (Å²) in [5.74, 6) is -0.622. The first-order valence-electron chi connectivity index (χ1n) is 6.16. The van der Waals surface area contributed by atoms with Crippen molar-refractivity contribution in [1.82, 2.24) is 4.72 Å². The smallest absolute Gasteiger partial charge is 0.415 e. The van der Waals surface area contributed by atoms with Crippen LogP contribution in [0.3, 0.4) is 0 Å². The maximum atomic E-state index is 13.2. The number of hydrogen-bond donors (Lipinski definition) is 1. The fourth-order valence-corrected chi connectivity index (χ4v) is 2.49. The normalized spacial score (nSPS) is 14.3.